The fourth-order valence-electron chi connectivity index (χ4n) is 4.47. The predicted molar refractivity (Wildman–Crippen MR) is 107 cm³/mol. The molecule has 0 bridgehead atoms. The molecule has 1 aliphatic carbocycles. The minimum absolute atomic E-state index is 0.0168. The van der Waals surface area contributed by atoms with Gasteiger partial charge in [0.05, 0.1) is 6.04 Å². The van der Waals surface area contributed by atoms with Crippen molar-refractivity contribution in [1.29, 1.82) is 0 Å². The van der Waals surface area contributed by atoms with Gasteiger partial charge in [-0.3, -0.25) is 9.59 Å². The number of amides is 2. The molecule has 2 N–H and O–H groups in total. The molecule has 0 spiro atoms. The minimum atomic E-state index is -0.727. The molecule has 0 aromatic heterocycles. The number of rotatable bonds is 5. The lowest BCUT2D eigenvalue weighted by Gasteiger charge is -2.34. The molecule has 5 nitrogen and oxygen atoms in total. The van der Waals surface area contributed by atoms with Crippen LogP contribution in [0.25, 0.3) is 0 Å². The molecule has 4 rings (SSSR count). The van der Waals surface area contributed by atoms with Crippen molar-refractivity contribution in [1.82, 2.24) is 10.6 Å². The van der Waals surface area contributed by atoms with Crippen LogP contribution in [-0.2, 0) is 19.7 Å². The van der Waals surface area contributed by atoms with Gasteiger partial charge < -0.3 is 15.4 Å². The number of carbonyl (C=O) groups is 2. The first-order valence-corrected chi connectivity index (χ1v) is 9.97. The smallest absolute Gasteiger partial charge is 0.251 e. The van der Waals surface area contributed by atoms with E-state index in [1.165, 1.54) is 18.4 Å². The van der Waals surface area contributed by atoms with Gasteiger partial charge in [-0.25, -0.2) is 0 Å². The maximum Gasteiger partial charge on any atom is 0.251 e. The molecule has 2 aromatic carbocycles. The van der Waals surface area contributed by atoms with Gasteiger partial charge >= 0.3 is 0 Å². The normalized spacial score (nSPS) is 23.8. The molecule has 2 atom stereocenters. The summed E-state index contributed by atoms with van der Waals surface area (Å²) in [7, 11) is 0. The fourth-order valence-corrected chi connectivity index (χ4v) is 4.47. The molecular formula is C23H26N2O3. The lowest BCUT2D eigenvalue weighted by atomic mass is 9.78. The van der Waals surface area contributed by atoms with Crippen LogP contribution in [0.15, 0.2) is 60.7 Å². The highest BCUT2D eigenvalue weighted by Gasteiger charge is 2.39. The Balaban J connectivity index is 1.49. The monoisotopic (exact) mass is 378 g/mol. The molecule has 2 aromatic rings. The van der Waals surface area contributed by atoms with Crippen LogP contribution >= 0.6 is 0 Å². The van der Waals surface area contributed by atoms with Crippen molar-refractivity contribution in [3.63, 3.8) is 0 Å². The van der Waals surface area contributed by atoms with Crippen LogP contribution in [0.3, 0.4) is 0 Å². The summed E-state index contributed by atoms with van der Waals surface area (Å²) in [6.07, 6.45) is 3.76. The van der Waals surface area contributed by atoms with Crippen molar-refractivity contribution in [2.45, 2.75) is 43.2 Å². The van der Waals surface area contributed by atoms with Gasteiger partial charge in [0.25, 0.3) is 5.91 Å². The number of benzene rings is 2. The van der Waals surface area contributed by atoms with Crippen molar-refractivity contribution in [3.05, 3.63) is 71.8 Å². The molecule has 0 radical (unpaired) electrons. The van der Waals surface area contributed by atoms with Crippen LogP contribution in [0, 0.1) is 0 Å². The van der Waals surface area contributed by atoms with Gasteiger partial charge in [-0.2, -0.15) is 0 Å². The van der Waals surface area contributed by atoms with Gasteiger partial charge in [0, 0.05) is 12.0 Å². The molecule has 0 unspecified atom stereocenters. The topological polar surface area (TPSA) is 67.4 Å². The number of carbonyl (C=O) groups excluding carboxylic acids is 2. The minimum Gasteiger partial charge on any atom is -0.356 e. The Kier molecular flexibility index (Phi) is 5.44. The molecule has 1 saturated heterocycles. The first kappa shape index (κ1) is 18.7. The van der Waals surface area contributed by atoms with Gasteiger partial charge in [0.2, 0.25) is 5.91 Å². The molecular weight excluding hydrogens is 352 g/mol. The van der Waals surface area contributed by atoms with E-state index in [4.69, 9.17) is 4.74 Å². The zero-order chi connectivity index (χ0) is 19.4. The Morgan fingerprint density at radius 1 is 1.04 bits per heavy atom. The van der Waals surface area contributed by atoms with Crippen molar-refractivity contribution >= 4 is 11.8 Å². The third kappa shape index (κ3) is 3.80. The highest BCUT2D eigenvalue weighted by Crippen LogP contribution is 2.40. The van der Waals surface area contributed by atoms with Crippen LogP contribution in [0.4, 0.5) is 0 Å². The van der Waals surface area contributed by atoms with Crippen LogP contribution in [0.2, 0.25) is 0 Å². The molecule has 1 aliphatic heterocycles. The first-order valence-electron chi connectivity index (χ1n) is 9.97. The average molecular weight is 378 g/mol. The first-order chi connectivity index (χ1) is 13.7. The second kappa shape index (κ2) is 8.15. The Bertz CT molecular complexity index is 816. The van der Waals surface area contributed by atoms with E-state index in [9.17, 15) is 9.59 Å². The van der Waals surface area contributed by atoms with Crippen molar-refractivity contribution in [2.24, 2.45) is 0 Å². The average Bonchev–Trinajstić information content (AvgIpc) is 3.23. The summed E-state index contributed by atoms with van der Waals surface area (Å²) in [4.78, 5) is 24.9. The molecule has 5 heteroatoms. The third-order valence-electron chi connectivity index (χ3n) is 5.98. The number of hydrogen-bond donors (Lipinski definition) is 2. The summed E-state index contributed by atoms with van der Waals surface area (Å²) in [5.74, 6) is -0.370. The highest BCUT2D eigenvalue weighted by atomic mass is 16.5. The zero-order valence-electron chi connectivity index (χ0n) is 15.9. The van der Waals surface area contributed by atoms with E-state index >= 15 is 0 Å². The maximum atomic E-state index is 13.0. The Morgan fingerprint density at radius 3 is 2.36 bits per heavy atom. The van der Waals surface area contributed by atoms with E-state index in [0.29, 0.717) is 6.54 Å². The van der Waals surface area contributed by atoms with Gasteiger partial charge in [-0.15, -0.1) is 0 Å². The summed E-state index contributed by atoms with van der Waals surface area (Å²) in [6, 6.07) is 19.5. The SMILES string of the molecule is O=C1CO[C@H](C(=O)NCC2(c3ccccc3)CCCC2)[C@@H](c2ccccc2)N1. The largest absolute Gasteiger partial charge is 0.356 e. The maximum absolute atomic E-state index is 13.0. The Morgan fingerprint density at radius 2 is 1.68 bits per heavy atom. The molecule has 2 fully saturated rings. The van der Waals surface area contributed by atoms with Crippen LogP contribution in [0.1, 0.15) is 42.9 Å². The Labute approximate surface area is 165 Å². The zero-order valence-corrected chi connectivity index (χ0v) is 15.9. The molecule has 28 heavy (non-hydrogen) atoms. The molecule has 146 valence electrons. The van der Waals surface area contributed by atoms with Crippen LogP contribution in [-0.4, -0.2) is 31.1 Å². The predicted octanol–water partition coefficient (Wildman–Crippen LogP) is 2.87. The summed E-state index contributed by atoms with van der Waals surface area (Å²) in [5, 5.41) is 6.04. The summed E-state index contributed by atoms with van der Waals surface area (Å²) in [6.45, 7) is 0.496. The molecule has 2 aliphatic rings. The van der Waals surface area contributed by atoms with Gasteiger partial charge in [-0.05, 0) is 24.0 Å². The standard InChI is InChI=1S/C23H26N2O3/c26-19-15-28-21(20(25-19)17-9-3-1-4-10-17)22(27)24-16-23(13-7-8-14-23)18-11-5-2-6-12-18/h1-6,9-12,20-21H,7-8,13-16H2,(H,24,27)(H,25,26)/t20-,21+/m1/s1. The number of nitrogens with one attached hydrogen (secondary N) is 2. The van der Waals surface area contributed by atoms with E-state index in [0.717, 1.165) is 18.4 Å². The fraction of sp³-hybridized carbons (Fsp3) is 0.391. The number of ether oxygens (including phenoxy) is 1. The van der Waals surface area contributed by atoms with E-state index in [-0.39, 0.29) is 23.8 Å². The van der Waals surface area contributed by atoms with E-state index in [1.807, 2.05) is 36.4 Å². The lowest BCUT2D eigenvalue weighted by molar-refractivity contribution is -0.148. The van der Waals surface area contributed by atoms with Crippen LogP contribution < -0.4 is 10.6 Å². The van der Waals surface area contributed by atoms with Gasteiger partial charge in [0.1, 0.15) is 6.61 Å². The molecule has 2 amide bonds. The third-order valence-corrected chi connectivity index (χ3v) is 5.98. The second-order valence-corrected chi connectivity index (χ2v) is 7.76. The van der Waals surface area contributed by atoms with Crippen molar-refractivity contribution < 1.29 is 14.3 Å². The van der Waals surface area contributed by atoms with E-state index < -0.39 is 12.1 Å². The number of morpholine rings is 1. The molecule has 1 heterocycles. The quantitative estimate of drug-likeness (QED) is 0.841. The van der Waals surface area contributed by atoms with Crippen LogP contribution in [0.5, 0.6) is 0 Å². The van der Waals surface area contributed by atoms with E-state index in [2.05, 4.69) is 34.9 Å². The Hall–Kier alpha value is -2.66. The van der Waals surface area contributed by atoms with Crippen molar-refractivity contribution in [2.75, 3.05) is 13.2 Å². The summed E-state index contributed by atoms with van der Waals surface area (Å²) < 4.78 is 5.65. The van der Waals surface area contributed by atoms with Gasteiger partial charge in [0.15, 0.2) is 6.10 Å². The summed E-state index contributed by atoms with van der Waals surface area (Å²) >= 11 is 0. The van der Waals surface area contributed by atoms with Crippen molar-refractivity contribution in [3.8, 4) is 0 Å². The lowest BCUT2D eigenvalue weighted by Crippen LogP contribution is -2.53. The molecule has 1 saturated carbocycles. The van der Waals surface area contributed by atoms with Gasteiger partial charge in [-0.1, -0.05) is 73.5 Å². The number of hydrogen-bond acceptors (Lipinski definition) is 3. The summed E-state index contributed by atoms with van der Waals surface area (Å²) in [5.41, 5.74) is 2.14. The second-order valence-electron chi connectivity index (χ2n) is 7.76. The highest BCUT2D eigenvalue weighted by molar-refractivity contribution is 5.86. The van der Waals surface area contributed by atoms with E-state index in [1.54, 1.807) is 0 Å².